The van der Waals surface area contributed by atoms with Gasteiger partial charge in [-0.1, -0.05) is 13.8 Å². The monoisotopic (exact) mass is 453 g/mol. The van der Waals surface area contributed by atoms with E-state index in [1.165, 1.54) is 25.9 Å². The first-order valence-corrected chi connectivity index (χ1v) is 9.61. The highest BCUT2D eigenvalue weighted by Gasteiger charge is 2.21. The minimum absolute atomic E-state index is 0. The number of hydrogen-bond acceptors (Lipinski definition) is 3. The molecule has 0 amide bonds. The molecule has 0 bridgehead atoms. The summed E-state index contributed by atoms with van der Waals surface area (Å²) in [4.78, 5) is 9.77. The van der Waals surface area contributed by atoms with Gasteiger partial charge in [0, 0.05) is 38.3 Å². The van der Waals surface area contributed by atoms with E-state index in [0.29, 0.717) is 12.1 Å². The van der Waals surface area contributed by atoms with Crippen molar-refractivity contribution in [3.63, 3.8) is 0 Å². The summed E-state index contributed by atoms with van der Waals surface area (Å²) in [5.41, 5.74) is 0. The highest BCUT2D eigenvalue weighted by atomic mass is 127. The Kier molecular flexibility index (Phi) is 14.1. The lowest BCUT2D eigenvalue weighted by molar-refractivity contribution is 0.167. The Morgan fingerprint density at radius 2 is 1.79 bits per heavy atom. The minimum atomic E-state index is 0. The van der Waals surface area contributed by atoms with E-state index in [1.54, 1.807) is 0 Å². The molecule has 0 aromatic rings. The van der Waals surface area contributed by atoms with E-state index in [9.17, 15) is 0 Å². The van der Waals surface area contributed by atoms with Crippen molar-refractivity contribution in [3.05, 3.63) is 0 Å². The van der Waals surface area contributed by atoms with E-state index >= 15 is 0 Å². The molecule has 0 aromatic carbocycles. The van der Waals surface area contributed by atoms with Crippen LogP contribution >= 0.6 is 24.0 Å². The number of aliphatic imine (C=N–C) groups is 1. The van der Waals surface area contributed by atoms with Crippen molar-refractivity contribution in [3.8, 4) is 0 Å². The lowest BCUT2D eigenvalue weighted by Gasteiger charge is -2.35. The third kappa shape index (κ3) is 9.42. The maximum absolute atomic E-state index is 4.76. The topological polar surface area (TPSA) is 42.9 Å². The first-order chi connectivity index (χ1) is 11.1. The molecule has 0 unspecified atom stereocenters. The molecule has 0 saturated carbocycles. The van der Waals surface area contributed by atoms with Crippen molar-refractivity contribution >= 4 is 29.9 Å². The molecular weight excluding hydrogens is 413 g/mol. The second-order valence-electron chi connectivity index (χ2n) is 6.69. The van der Waals surface area contributed by atoms with Gasteiger partial charge in [0.25, 0.3) is 0 Å². The van der Waals surface area contributed by atoms with E-state index in [1.807, 2.05) is 0 Å². The Labute approximate surface area is 167 Å². The lowest BCUT2D eigenvalue weighted by atomic mass is 10.0. The van der Waals surface area contributed by atoms with Crippen LogP contribution in [-0.4, -0.2) is 73.7 Å². The fraction of sp³-hybridized carbons (Fsp3) is 0.944. The van der Waals surface area contributed by atoms with Gasteiger partial charge in [-0.2, -0.15) is 0 Å². The number of hydrogen-bond donors (Lipinski definition) is 2. The zero-order valence-electron chi connectivity index (χ0n) is 16.5. The van der Waals surface area contributed by atoms with E-state index in [4.69, 9.17) is 4.99 Å². The summed E-state index contributed by atoms with van der Waals surface area (Å²) in [5.74, 6) is 0.995. The van der Waals surface area contributed by atoms with Gasteiger partial charge in [-0.3, -0.25) is 4.99 Å². The van der Waals surface area contributed by atoms with Crippen LogP contribution in [0.4, 0.5) is 0 Å². The smallest absolute Gasteiger partial charge is 0.191 e. The van der Waals surface area contributed by atoms with Crippen molar-refractivity contribution in [2.75, 3.05) is 45.8 Å². The van der Waals surface area contributed by atoms with Gasteiger partial charge in [-0.15, -0.1) is 24.0 Å². The molecule has 5 nitrogen and oxygen atoms in total. The van der Waals surface area contributed by atoms with Crippen molar-refractivity contribution in [1.82, 2.24) is 20.4 Å². The van der Waals surface area contributed by atoms with Crippen LogP contribution in [0.15, 0.2) is 4.99 Å². The molecule has 0 atom stereocenters. The molecule has 1 saturated heterocycles. The average Bonchev–Trinajstić information content (AvgIpc) is 2.55. The van der Waals surface area contributed by atoms with Crippen molar-refractivity contribution < 1.29 is 0 Å². The maximum Gasteiger partial charge on any atom is 0.191 e. The maximum atomic E-state index is 4.76. The minimum Gasteiger partial charge on any atom is -0.357 e. The summed E-state index contributed by atoms with van der Waals surface area (Å²) in [6.45, 7) is 18.8. The van der Waals surface area contributed by atoms with Crippen molar-refractivity contribution in [1.29, 1.82) is 0 Å². The van der Waals surface area contributed by atoms with Gasteiger partial charge in [-0.25, -0.2) is 0 Å². The normalized spacial score (nSPS) is 17.2. The third-order valence-corrected chi connectivity index (χ3v) is 4.74. The summed E-state index contributed by atoms with van der Waals surface area (Å²) >= 11 is 0. The van der Waals surface area contributed by atoms with Gasteiger partial charge < -0.3 is 20.4 Å². The zero-order valence-corrected chi connectivity index (χ0v) is 18.8. The Morgan fingerprint density at radius 3 is 2.29 bits per heavy atom. The number of nitrogens with one attached hydrogen (secondary N) is 2. The number of nitrogens with zero attached hydrogens (tertiary/aromatic N) is 3. The predicted octanol–water partition coefficient (Wildman–Crippen LogP) is 2.76. The summed E-state index contributed by atoms with van der Waals surface area (Å²) in [5, 5.41) is 7.02. The molecule has 1 rings (SSSR count). The molecule has 0 spiro atoms. The van der Waals surface area contributed by atoms with Crippen LogP contribution in [0.5, 0.6) is 0 Å². The van der Waals surface area contributed by atoms with Crippen LogP contribution in [0, 0.1) is 0 Å². The fourth-order valence-corrected chi connectivity index (χ4v) is 3.10. The van der Waals surface area contributed by atoms with E-state index in [0.717, 1.165) is 45.1 Å². The number of rotatable bonds is 9. The largest absolute Gasteiger partial charge is 0.357 e. The van der Waals surface area contributed by atoms with Gasteiger partial charge >= 0.3 is 0 Å². The number of likely N-dealkylation sites (tertiary alicyclic amines) is 1. The Balaban J connectivity index is 0.00000529. The molecule has 0 aromatic heterocycles. The summed E-state index contributed by atoms with van der Waals surface area (Å²) in [6, 6.07) is 1.23. The molecule has 1 aliphatic rings. The highest BCUT2D eigenvalue weighted by molar-refractivity contribution is 14.0. The molecular formula is C18H40IN5. The zero-order chi connectivity index (χ0) is 17.1. The Hall–Kier alpha value is -0.0800. The van der Waals surface area contributed by atoms with Crippen LogP contribution in [0.1, 0.15) is 53.9 Å². The first kappa shape index (κ1) is 23.9. The van der Waals surface area contributed by atoms with Crippen LogP contribution in [0.3, 0.4) is 0 Å². The second kappa shape index (κ2) is 14.1. The highest BCUT2D eigenvalue weighted by Crippen LogP contribution is 2.12. The number of halogens is 1. The molecule has 6 heteroatoms. The lowest BCUT2D eigenvalue weighted by Crippen LogP contribution is -2.49. The predicted molar refractivity (Wildman–Crippen MR) is 117 cm³/mol. The van der Waals surface area contributed by atoms with Crippen molar-refractivity contribution in [2.45, 2.75) is 66.0 Å². The molecule has 0 radical (unpaired) electrons. The number of guanidine groups is 1. The quantitative estimate of drug-likeness (QED) is 0.244. The molecule has 2 N–H and O–H groups in total. The summed E-state index contributed by atoms with van der Waals surface area (Å²) < 4.78 is 0. The standard InChI is InChI=1S/C18H39N5.HI/c1-6-19-18(20-12-9-13-22(7-2)8-3)21-17-10-14-23(15-11-17)16(4)5;/h16-17H,6-15H2,1-5H3,(H2,19,20,21);1H. The van der Waals surface area contributed by atoms with Gasteiger partial charge in [-0.05, 0) is 59.7 Å². The second-order valence-corrected chi connectivity index (χ2v) is 6.69. The Bertz CT molecular complexity index is 323. The van der Waals surface area contributed by atoms with E-state index in [2.05, 4.69) is 55.1 Å². The van der Waals surface area contributed by atoms with E-state index in [-0.39, 0.29) is 24.0 Å². The molecule has 1 fully saturated rings. The van der Waals surface area contributed by atoms with Crippen LogP contribution < -0.4 is 10.6 Å². The fourth-order valence-electron chi connectivity index (χ4n) is 3.10. The Morgan fingerprint density at radius 1 is 1.17 bits per heavy atom. The van der Waals surface area contributed by atoms with Gasteiger partial charge in [0.1, 0.15) is 0 Å². The molecule has 1 aliphatic heterocycles. The first-order valence-electron chi connectivity index (χ1n) is 9.61. The molecule has 0 aliphatic carbocycles. The molecule has 144 valence electrons. The molecule has 1 heterocycles. The SMILES string of the molecule is CCNC(=NCCCN(CC)CC)NC1CCN(C(C)C)CC1.I. The summed E-state index contributed by atoms with van der Waals surface area (Å²) in [7, 11) is 0. The summed E-state index contributed by atoms with van der Waals surface area (Å²) in [6.07, 6.45) is 3.55. The van der Waals surface area contributed by atoms with Gasteiger partial charge in [0.15, 0.2) is 5.96 Å². The van der Waals surface area contributed by atoms with E-state index < -0.39 is 0 Å². The average molecular weight is 453 g/mol. The number of piperidine rings is 1. The third-order valence-electron chi connectivity index (χ3n) is 4.74. The van der Waals surface area contributed by atoms with Crippen LogP contribution in [0.2, 0.25) is 0 Å². The van der Waals surface area contributed by atoms with Crippen molar-refractivity contribution in [2.24, 2.45) is 4.99 Å². The molecule has 24 heavy (non-hydrogen) atoms. The van der Waals surface area contributed by atoms with Crippen LogP contribution in [-0.2, 0) is 0 Å². The van der Waals surface area contributed by atoms with Gasteiger partial charge in [0.2, 0.25) is 0 Å². The van der Waals surface area contributed by atoms with Gasteiger partial charge in [0.05, 0.1) is 0 Å². The van der Waals surface area contributed by atoms with Crippen LogP contribution in [0.25, 0.3) is 0 Å².